The minimum absolute atomic E-state index is 0.305. The van der Waals surface area contributed by atoms with Crippen LogP contribution in [0.1, 0.15) is 11.1 Å². The van der Waals surface area contributed by atoms with Crippen molar-refractivity contribution < 1.29 is 0 Å². The van der Waals surface area contributed by atoms with Gasteiger partial charge in [0.1, 0.15) is 5.52 Å². The largest absolute Gasteiger partial charge is 0.345 e. The first-order valence-corrected chi connectivity index (χ1v) is 6.19. The lowest BCUT2D eigenvalue weighted by Crippen LogP contribution is -1.93. The number of rotatable bonds is 3. The summed E-state index contributed by atoms with van der Waals surface area (Å²) >= 11 is 0. The molecule has 20 heavy (non-hydrogen) atoms. The van der Waals surface area contributed by atoms with E-state index in [0.29, 0.717) is 6.54 Å². The Balaban J connectivity index is 2.15. The normalized spacial score (nSPS) is 10.4. The van der Waals surface area contributed by atoms with Crippen molar-refractivity contribution in [3.8, 4) is 11.3 Å². The number of benzene rings is 1. The van der Waals surface area contributed by atoms with Gasteiger partial charge in [0.05, 0.1) is 18.4 Å². The first kappa shape index (κ1) is 12.2. The highest BCUT2D eigenvalue weighted by Crippen LogP contribution is 2.25. The molecule has 0 unspecified atom stereocenters. The Bertz CT molecular complexity index is 813. The molecule has 3 rings (SSSR count). The topological polar surface area (TPSA) is 90.3 Å². The van der Waals surface area contributed by atoms with Crippen LogP contribution in [0.25, 0.3) is 32.9 Å². The number of azide groups is 1. The summed E-state index contributed by atoms with van der Waals surface area (Å²) in [6.07, 6.45) is 3.54. The highest BCUT2D eigenvalue weighted by atomic mass is 15.1. The molecule has 0 fully saturated rings. The molecule has 6 heteroatoms. The summed E-state index contributed by atoms with van der Waals surface area (Å²) < 4.78 is 0. The second-order valence-electron chi connectivity index (χ2n) is 4.52. The fourth-order valence-electron chi connectivity index (χ4n) is 2.13. The van der Waals surface area contributed by atoms with Crippen LogP contribution in [0.2, 0.25) is 0 Å². The van der Waals surface area contributed by atoms with E-state index >= 15 is 0 Å². The van der Waals surface area contributed by atoms with Gasteiger partial charge in [0.2, 0.25) is 0 Å². The van der Waals surface area contributed by atoms with Gasteiger partial charge in [0, 0.05) is 16.7 Å². The summed E-state index contributed by atoms with van der Waals surface area (Å²) in [5, 5.41) is 3.64. The Morgan fingerprint density at radius 2 is 2.25 bits per heavy atom. The van der Waals surface area contributed by atoms with E-state index in [1.165, 1.54) is 0 Å². The molecule has 0 aliphatic carbocycles. The number of aromatic amines is 1. The molecule has 0 bridgehead atoms. The second-order valence-corrected chi connectivity index (χ2v) is 4.52. The van der Waals surface area contributed by atoms with Gasteiger partial charge in [-0.3, -0.25) is 0 Å². The van der Waals surface area contributed by atoms with Crippen molar-refractivity contribution >= 4 is 11.2 Å². The maximum absolute atomic E-state index is 8.48. The number of hydrogen-bond acceptors (Lipinski definition) is 3. The third-order valence-electron chi connectivity index (χ3n) is 3.11. The fraction of sp³-hybridized carbons (Fsp3) is 0.143. The second kappa shape index (κ2) is 5.03. The average Bonchev–Trinajstić information content (AvgIpc) is 2.93. The van der Waals surface area contributed by atoms with E-state index in [1.54, 1.807) is 6.20 Å². The molecule has 0 saturated carbocycles. The Labute approximate surface area is 115 Å². The van der Waals surface area contributed by atoms with Gasteiger partial charge in [-0.1, -0.05) is 22.8 Å². The lowest BCUT2D eigenvalue weighted by molar-refractivity contribution is 1.04. The summed E-state index contributed by atoms with van der Waals surface area (Å²) in [7, 11) is 0. The number of nitrogens with one attached hydrogen (secondary N) is 1. The molecule has 6 nitrogen and oxygen atoms in total. The van der Waals surface area contributed by atoms with Crippen molar-refractivity contribution in [2.24, 2.45) is 5.11 Å². The van der Waals surface area contributed by atoms with Crippen LogP contribution in [0, 0.1) is 6.92 Å². The van der Waals surface area contributed by atoms with Crippen LogP contribution in [-0.2, 0) is 6.54 Å². The Kier molecular flexibility index (Phi) is 3.07. The van der Waals surface area contributed by atoms with Crippen molar-refractivity contribution in [2.75, 3.05) is 0 Å². The van der Waals surface area contributed by atoms with Crippen molar-refractivity contribution in [3.05, 3.63) is 58.2 Å². The molecule has 0 aliphatic heterocycles. The molecule has 0 atom stereocenters. The Morgan fingerprint density at radius 3 is 3.10 bits per heavy atom. The van der Waals surface area contributed by atoms with E-state index < -0.39 is 0 Å². The van der Waals surface area contributed by atoms with Gasteiger partial charge in [-0.2, -0.15) is 0 Å². The van der Waals surface area contributed by atoms with E-state index in [1.807, 2.05) is 37.4 Å². The number of H-pyrrole nitrogens is 1. The molecular weight excluding hydrogens is 252 g/mol. The lowest BCUT2D eigenvalue weighted by Gasteiger charge is -2.08. The van der Waals surface area contributed by atoms with Crippen molar-refractivity contribution in [2.45, 2.75) is 13.5 Å². The van der Waals surface area contributed by atoms with Crippen molar-refractivity contribution in [1.29, 1.82) is 0 Å². The van der Waals surface area contributed by atoms with Crippen LogP contribution in [0.5, 0.6) is 0 Å². The predicted octanol–water partition coefficient (Wildman–Crippen LogP) is 3.74. The molecule has 98 valence electrons. The van der Waals surface area contributed by atoms with Gasteiger partial charge in [-0.05, 0) is 30.2 Å². The monoisotopic (exact) mass is 264 g/mol. The van der Waals surface area contributed by atoms with Crippen LogP contribution in [-0.4, -0.2) is 15.0 Å². The molecule has 2 aromatic heterocycles. The molecule has 0 saturated heterocycles. The van der Waals surface area contributed by atoms with E-state index in [4.69, 9.17) is 5.53 Å². The Morgan fingerprint density at radius 1 is 1.35 bits per heavy atom. The van der Waals surface area contributed by atoms with Crippen molar-refractivity contribution in [3.63, 3.8) is 0 Å². The first-order valence-electron chi connectivity index (χ1n) is 6.19. The number of hydrogen-bond donors (Lipinski definition) is 1. The number of aromatic nitrogens is 3. The summed E-state index contributed by atoms with van der Waals surface area (Å²) in [5.41, 5.74) is 13.9. The lowest BCUT2D eigenvalue weighted by atomic mass is 10.0. The van der Waals surface area contributed by atoms with Gasteiger partial charge < -0.3 is 4.98 Å². The highest BCUT2D eigenvalue weighted by molar-refractivity contribution is 5.75. The highest BCUT2D eigenvalue weighted by Gasteiger charge is 2.08. The maximum Gasteiger partial charge on any atom is 0.156 e. The zero-order valence-corrected chi connectivity index (χ0v) is 10.9. The van der Waals surface area contributed by atoms with E-state index in [9.17, 15) is 0 Å². The van der Waals surface area contributed by atoms with Gasteiger partial charge in [-0.25, -0.2) is 9.97 Å². The maximum atomic E-state index is 8.48. The zero-order valence-electron chi connectivity index (χ0n) is 10.9. The van der Waals surface area contributed by atoms with Crippen molar-refractivity contribution in [1.82, 2.24) is 15.0 Å². The van der Waals surface area contributed by atoms with Gasteiger partial charge >= 0.3 is 0 Å². The molecule has 1 N–H and O–H groups in total. The van der Waals surface area contributed by atoms with E-state index in [0.717, 1.165) is 33.5 Å². The summed E-state index contributed by atoms with van der Waals surface area (Å²) in [4.78, 5) is 14.8. The van der Waals surface area contributed by atoms with Crippen LogP contribution in [0.4, 0.5) is 0 Å². The van der Waals surface area contributed by atoms with Crippen LogP contribution >= 0.6 is 0 Å². The minimum Gasteiger partial charge on any atom is -0.345 e. The molecular formula is C14H12N6. The smallest absolute Gasteiger partial charge is 0.156 e. The molecule has 1 aromatic carbocycles. The Hall–Kier alpha value is -2.85. The van der Waals surface area contributed by atoms with Crippen LogP contribution in [0.15, 0.2) is 41.8 Å². The molecule has 3 aromatic rings. The van der Waals surface area contributed by atoms with Crippen LogP contribution < -0.4 is 0 Å². The summed E-state index contributed by atoms with van der Waals surface area (Å²) in [5.74, 6) is 0. The van der Waals surface area contributed by atoms with Crippen LogP contribution in [0.3, 0.4) is 0 Å². The number of fused-ring (bicyclic) bond motifs is 1. The molecule has 0 aliphatic rings. The first-order chi connectivity index (χ1) is 9.78. The fourth-order valence-corrected chi connectivity index (χ4v) is 2.13. The number of aryl methyl sites for hydroxylation is 1. The van der Waals surface area contributed by atoms with Gasteiger partial charge in [-0.15, -0.1) is 0 Å². The molecule has 0 amide bonds. The van der Waals surface area contributed by atoms with Gasteiger partial charge in [0.25, 0.3) is 0 Å². The summed E-state index contributed by atoms with van der Waals surface area (Å²) in [6, 6.07) is 7.87. The summed E-state index contributed by atoms with van der Waals surface area (Å²) in [6.45, 7) is 2.32. The average molecular weight is 264 g/mol. The van der Waals surface area contributed by atoms with Gasteiger partial charge in [0.15, 0.2) is 5.65 Å². The zero-order chi connectivity index (χ0) is 13.9. The third-order valence-corrected chi connectivity index (χ3v) is 3.11. The minimum atomic E-state index is 0.305. The number of nitrogens with zero attached hydrogens (tertiary/aromatic N) is 5. The standard InChI is InChI=1S/C14H12N6/c1-9-2-3-10(7-18-20-15)11(6-9)13-8-17-14-12(19-13)4-5-16-14/h2-6,8H,7H2,1H3,(H,16,17). The molecule has 2 heterocycles. The van der Waals surface area contributed by atoms with E-state index in [2.05, 4.69) is 25.0 Å². The predicted molar refractivity (Wildman–Crippen MR) is 76.9 cm³/mol. The van der Waals surface area contributed by atoms with E-state index in [-0.39, 0.29) is 0 Å². The quantitative estimate of drug-likeness (QED) is 0.443. The third kappa shape index (κ3) is 2.20. The molecule has 0 radical (unpaired) electrons. The molecule has 0 spiro atoms. The SMILES string of the molecule is Cc1ccc(CN=[N+]=[N-])c(-c2cnc3[nH]ccc3n2)c1.